The molecule has 2 rings (SSSR count). The lowest BCUT2D eigenvalue weighted by Gasteiger charge is -2.21. The van der Waals surface area contributed by atoms with Crippen LogP contribution >= 0.6 is 15.9 Å². The average molecular weight is 254 g/mol. The molecule has 76 valence electrons. The van der Waals surface area contributed by atoms with E-state index in [0.717, 1.165) is 4.47 Å². The van der Waals surface area contributed by atoms with Gasteiger partial charge in [0.15, 0.2) is 0 Å². The number of anilines is 1. The predicted molar refractivity (Wildman–Crippen MR) is 64.6 cm³/mol. The van der Waals surface area contributed by atoms with Gasteiger partial charge in [0.25, 0.3) is 0 Å². The van der Waals surface area contributed by atoms with Crippen LogP contribution in [0.2, 0.25) is 0 Å². The lowest BCUT2D eigenvalue weighted by Crippen LogP contribution is -2.24. The fourth-order valence-corrected chi connectivity index (χ4v) is 2.03. The van der Waals surface area contributed by atoms with Crippen molar-refractivity contribution >= 4 is 21.6 Å². The first-order chi connectivity index (χ1) is 6.60. The summed E-state index contributed by atoms with van der Waals surface area (Å²) < 4.78 is 1.13. The second-order valence-corrected chi connectivity index (χ2v) is 5.45. The van der Waals surface area contributed by atoms with Crippen LogP contribution in [0, 0.1) is 5.41 Å². The van der Waals surface area contributed by atoms with Crippen molar-refractivity contribution in [1.82, 2.24) is 0 Å². The van der Waals surface area contributed by atoms with Crippen LogP contribution in [-0.4, -0.2) is 6.04 Å². The summed E-state index contributed by atoms with van der Waals surface area (Å²) in [4.78, 5) is 0. The second kappa shape index (κ2) is 3.58. The summed E-state index contributed by atoms with van der Waals surface area (Å²) in [5, 5.41) is 3.56. The molecule has 1 aromatic rings. The Balaban J connectivity index is 2.03. The molecule has 1 aromatic carbocycles. The minimum atomic E-state index is 0.530. The monoisotopic (exact) mass is 253 g/mol. The zero-order chi connectivity index (χ0) is 10.2. The Bertz CT molecular complexity index is 331. The molecule has 1 atom stereocenters. The quantitative estimate of drug-likeness (QED) is 0.858. The smallest absolute Gasteiger partial charge is 0.0353 e. The molecule has 0 saturated heterocycles. The fraction of sp³-hybridized carbons (Fsp3) is 0.500. The van der Waals surface area contributed by atoms with Gasteiger partial charge in [-0.25, -0.2) is 0 Å². The SMILES string of the molecule is CC(Nc1cccc(Br)c1)C1(C)CC1. The molecule has 2 heteroatoms. The van der Waals surface area contributed by atoms with Gasteiger partial charge in [-0.15, -0.1) is 0 Å². The maximum Gasteiger partial charge on any atom is 0.0353 e. The highest BCUT2D eigenvalue weighted by atomic mass is 79.9. The van der Waals surface area contributed by atoms with Gasteiger partial charge in [0.05, 0.1) is 0 Å². The third-order valence-electron chi connectivity index (χ3n) is 3.29. The van der Waals surface area contributed by atoms with Gasteiger partial charge >= 0.3 is 0 Å². The molecular weight excluding hydrogens is 238 g/mol. The standard InChI is InChI=1S/C12H16BrN/c1-9(12(2)6-7-12)14-11-5-3-4-10(13)8-11/h3-5,8-9,14H,6-7H2,1-2H3. The van der Waals surface area contributed by atoms with E-state index in [4.69, 9.17) is 0 Å². The summed E-state index contributed by atoms with van der Waals surface area (Å²) in [6.07, 6.45) is 2.71. The van der Waals surface area contributed by atoms with Crippen LogP contribution in [0.25, 0.3) is 0 Å². The number of nitrogens with one attached hydrogen (secondary N) is 1. The van der Waals surface area contributed by atoms with Crippen molar-refractivity contribution in [2.24, 2.45) is 5.41 Å². The van der Waals surface area contributed by atoms with E-state index >= 15 is 0 Å². The summed E-state index contributed by atoms with van der Waals surface area (Å²) in [7, 11) is 0. The minimum Gasteiger partial charge on any atom is -0.382 e. The van der Waals surface area contributed by atoms with Crippen molar-refractivity contribution in [2.75, 3.05) is 5.32 Å². The first-order valence-corrected chi connectivity index (χ1v) is 5.92. The van der Waals surface area contributed by atoms with Crippen molar-refractivity contribution in [3.05, 3.63) is 28.7 Å². The highest BCUT2D eigenvalue weighted by Gasteiger charge is 2.42. The van der Waals surface area contributed by atoms with Crippen molar-refractivity contribution < 1.29 is 0 Å². The summed E-state index contributed by atoms with van der Waals surface area (Å²) in [6.45, 7) is 4.62. The number of rotatable bonds is 3. The maximum absolute atomic E-state index is 3.56. The van der Waals surface area contributed by atoms with E-state index in [1.165, 1.54) is 18.5 Å². The second-order valence-electron chi connectivity index (χ2n) is 4.53. The molecule has 0 heterocycles. The molecular formula is C12H16BrN. The molecule has 0 bridgehead atoms. The molecule has 0 spiro atoms. The van der Waals surface area contributed by atoms with Crippen LogP contribution in [0.4, 0.5) is 5.69 Å². The van der Waals surface area contributed by atoms with Crippen LogP contribution in [0.15, 0.2) is 28.7 Å². The number of halogens is 1. The molecule has 1 unspecified atom stereocenters. The molecule has 1 aliphatic carbocycles. The van der Waals surface area contributed by atoms with Gasteiger partial charge in [-0.2, -0.15) is 0 Å². The van der Waals surface area contributed by atoms with E-state index in [2.05, 4.69) is 59.4 Å². The average Bonchev–Trinajstić information content (AvgIpc) is 2.85. The number of hydrogen-bond donors (Lipinski definition) is 1. The Morgan fingerprint density at radius 3 is 2.71 bits per heavy atom. The summed E-state index contributed by atoms with van der Waals surface area (Å²) in [5.41, 5.74) is 1.74. The lowest BCUT2D eigenvalue weighted by molar-refractivity contribution is 0.493. The van der Waals surface area contributed by atoms with E-state index in [-0.39, 0.29) is 0 Å². The van der Waals surface area contributed by atoms with E-state index in [1.807, 2.05) is 0 Å². The highest BCUT2D eigenvalue weighted by Crippen LogP contribution is 2.48. The van der Waals surface area contributed by atoms with E-state index in [0.29, 0.717) is 11.5 Å². The van der Waals surface area contributed by atoms with Gasteiger partial charge in [-0.05, 0) is 43.4 Å². The Labute approximate surface area is 94.0 Å². The third kappa shape index (κ3) is 2.11. The summed E-state index contributed by atoms with van der Waals surface area (Å²) in [5.74, 6) is 0. The molecule has 1 nitrogen and oxygen atoms in total. The Morgan fingerprint density at radius 1 is 1.43 bits per heavy atom. The molecule has 0 radical (unpaired) electrons. The first kappa shape index (κ1) is 10.0. The molecule has 0 amide bonds. The van der Waals surface area contributed by atoms with E-state index in [1.54, 1.807) is 0 Å². The zero-order valence-electron chi connectivity index (χ0n) is 8.68. The molecule has 1 fully saturated rings. The van der Waals surface area contributed by atoms with Gasteiger partial charge < -0.3 is 5.32 Å². The van der Waals surface area contributed by atoms with Crippen molar-refractivity contribution in [2.45, 2.75) is 32.7 Å². The molecule has 1 aliphatic rings. The summed E-state index contributed by atoms with van der Waals surface area (Å²) >= 11 is 3.48. The molecule has 1 saturated carbocycles. The number of hydrogen-bond acceptors (Lipinski definition) is 1. The van der Waals surface area contributed by atoms with Crippen molar-refractivity contribution in [3.63, 3.8) is 0 Å². The highest BCUT2D eigenvalue weighted by molar-refractivity contribution is 9.10. The molecule has 14 heavy (non-hydrogen) atoms. The molecule has 0 aliphatic heterocycles. The first-order valence-electron chi connectivity index (χ1n) is 5.12. The van der Waals surface area contributed by atoms with Crippen LogP contribution < -0.4 is 5.32 Å². The van der Waals surface area contributed by atoms with Crippen LogP contribution in [0.3, 0.4) is 0 Å². The van der Waals surface area contributed by atoms with Gasteiger partial charge in [0.2, 0.25) is 0 Å². The Hall–Kier alpha value is -0.500. The topological polar surface area (TPSA) is 12.0 Å². The Morgan fingerprint density at radius 2 is 2.14 bits per heavy atom. The van der Waals surface area contributed by atoms with Crippen molar-refractivity contribution in [1.29, 1.82) is 0 Å². The van der Waals surface area contributed by atoms with Crippen LogP contribution in [-0.2, 0) is 0 Å². The van der Waals surface area contributed by atoms with Gasteiger partial charge in [0, 0.05) is 16.2 Å². The largest absolute Gasteiger partial charge is 0.382 e. The maximum atomic E-state index is 3.56. The predicted octanol–water partition coefficient (Wildman–Crippen LogP) is 4.05. The Kier molecular flexibility index (Phi) is 2.56. The van der Waals surface area contributed by atoms with Gasteiger partial charge in [-0.1, -0.05) is 28.9 Å². The normalized spacial score (nSPS) is 20.2. The lowest BCUT2D eigenvalue weighted by atomic mass is 10.0. The van der Waals surface area contributed by atoms with Crippen LogP contribution in [0.1, 0.15) is 26.7 Å². The molecule has 0 aromatic heterocycles. The minimum absolute atomic E-state index is 0.530. The van der Waals surface area contributed by atoms with Crippen molar-refractivity contribution in [3.8, 4) is 0 Å². The number of benzene rings is 1. The van der Waals surface area contributed by atoms with E-state index < -0.39 is 0 Å². The third-order valence-corrected chi connectivity index (χ3v) is 3.79. The van der Waals surface area contributed by atoms with Crippen LogP contribution in [0.5, 0.6) is 0 Å². The zero-order valence-corrected chi connectivity index (χ0v) is 10.3. The van der Waals surface area contributed by atoms with Gasteiger partial charge in [-0.3, -0.25) is 0 Å². The van der Waals surface area contributed by atoms with E-state index in [9.17, 15) is 0 Å². The summed E-state index contributed by atoms with van der Waals surface area (Å²) in [6, 6.07) is 8.93. The van der Waals surface area contributed by atoms with Gasteiger partial charge in [0.1, 0.15) is 0 Å². The molecule has 1 N–H and O–H groups in total. The fourth-order valence-electron chi connectivity index (χ4n) is 1.63.